The highest BCUT2D eigenvalue weighted by molar-refractivity contribution is 5.95. The van der Waals surface area contributed by atoms with Crippen LogP contribution in [0.15, 0.2) is 65.9 Å². The van der Waals surface area contributed by atoms with Crippen molar-refractivity contribution in [1.29, 1.82) is 0 Å². The Labute approximate surface area is 193 Å². The Morgan fingerprint density at radius 3 is 2.58 bits per heavy atom. The van der Waals surface area contributed by atoms with Gasteiger partial charge in [-0.2, -0.15) is 0 Å². The second-order valence-corrected chi connectivity index (χ2v) is 8.61. The zero-order valence-electron chi connectivity index (χ0n) is 18.9. The third kappa shape index (κ3) is 5.79. The lowest BCUT2D eigenvalue weighted by Gasteiger charge is -2.35. The van der Waals surface area contributed by atoms with E-state index in [0.29, 0.717) is 29.3 Å². The molecule has 1 atom stereocenters. The van der Waals surface area contributed by atoms with Crippen LogP contribution in [0.5, 0.6) is 0 Å². The third-order valence-corrected chi connectivity index (χ3v) is 6.29. The highest BCUT2D eigenvalue weighted by Gasteiger charge is 2.35. The van der Waals surface area contributed by atoms with Gasteiger partial charge in [0.05, 0.1) is 18.2 Å². The van der Waals surface area contributed by atoms with Gasteiger partial charge in [0, 0.05) is 12.2 Å². The number of halogens is 1. The van der Waals surface area contributed by atoms with E-state index in [-0.39, 0.29) is 6.61 Å². The van der Waals surface area contributed by atoms with Gasteiger partial charge in [-0.1, -0.05) is 42.5 Å². The highest BCUT2D eigenvalue weighted by atomic mass is 19.1. The van der Waals surface area contributed by atoms with Crippen LogP contribution in [0.25, 0.3) is 0 Å². The van der Waals surface area contributed by atoms with Crippen molar-refractivity contribution >= 4 is 12.0 Å². The maximum atomic E-state index is 13.9. The van der Waals surface area contributed by atoms with Gasteiger partial charge in [0.15, 0.2) is 0 Å². The van der Waals surface area contributed by atoms with E-state index < -0.39 is 23.9 Å². The van der Waals surface area contributed by atoms with Crippen LogP contribution in [0.4, 0.5) is 9.18 Å². The molecule has 6 nitrogen and oxygen atoms in total. The van der Waals surface area contributed by atoms with Crippen LogP contribution in [-0.2, 0) is 16.0 Å². The number of amides is 2. The number of carbonyl (C=O) groups excluding carboxylic acids is 2. The largest absolute Gasteiger partial charge is 0.463 e. The summed E-state index contributed by atoms with van der Waals surface area (Å²) in [4.78, 5) is 27.6. The van der Waals surface area contributed by atoms with Gasteiger partial charge in [0.2, 0.25) is 0 Å². The molecular weight excluding hydrogens is 421 g/mol. The molecule has 0 radical (unpaired) electrons. The summed E-state index contributed by atoms with van der Waals surface area (Å²) in [5.74, 6) is -0.316. The van der Waals surface area contributed by atoms with E-state index in [4.69, 9.17) is 4.74 Å². The van der Waals surface area contributed by atoms with Crippen LogP contribution in [0.1, 0.15) is 36.9 Å². The standard InChI is InChI=1S/C26H30FN3O3/c1-2-33-25(31)23-22(28-26(32)29-24(23)20-9-6-10-21(27)16-20)17-30-13-11-19(12-14-30)15-18-7-4-3-5-8-18/h3-10,16,19,24H,2,11-15,17H2,1H3,(H2,28,29,32)/t24-/m0/s1. The molecule has 2 aliphatic rings. The molecule has 2 aromatic carbocycles. The number of rotatable bonds is 7. The van der Waals surface area contributed by atoms with E-state index >= 15 is 0 Å². The summed E-state index contributed by atoms with van der Waals surface area (Å²) in [6, 6.07) is 15.3. The Balaban J connectivity index is 1.51. The Morgan fingerprint density at radius 2 is 1.88 bits per heavy atom. The number of nitrogens with one attached hydrogen (secondary N) is 2. The van der Waals surface area contributed by atoms with Crippen molar-refractivity contribution in [1.82, 2.24) is 15.5 Å². The summed E-state index contributed by atoms with van der Waals surface area (Å²) in [5.41, 5.74) is 2.71. The summed E-state index contributed by atoms with van der Waals surface area (Å²) >= 11 is 0. The van der Waals surface area contributed by atoms with Crippen LogP contribution in [0.3, 0.4) is 0 Å². The summed E-state index contributed by atoms with van der Waals surface area (Å²) in [6.07, 6.45) is 3.17. The molecule has 7 heteroatoms. The average molecular weight is 452 g/mol. The normalized spacial score (nSPS) is 19.7. The number of urea groups is 1. The molecule has 2 aliphatic heterocycles. The van der Waals surface area contributed by atoms with Crippen molar-refractivity contribution in [2.24, 2.45) is 5.92 Å². The molecule has 0 saturated carbocycles. The second-order valence-electron chi connectivity index (χ2n) is 8.61. The predicted molar refractivity (Wildman–Crippen MR) is 124 cm³/mol. The first kappa shape index (κ1) is 23.0. The van der Waals surface area contributed by atoms with E-state index in [1.54, 1.807) is 19.1 Å². The lowest BCUT2D eigenvalue weighted by Crippen LogP contribution is -2.49. The number of carbonyl (C=O) groups is 2. The summed E-state index contributed by atoms with van der Waals surface area (Å²) in [7, 11) is 0. The zero-order chi connectivity index (χ0) is 23.2. The van der Waals surface area contributed by atoms with Crippen molar-refractivity contribution in [3.8, 4) is 0 Å². The number of hydrogen-bond donors (Lipinski definition) is 2. The topological polar surface area (TPSA) is 70.7 Å². The first-order chi connectivity index (χ1) is 16.0. The van der Waals surface area contributed by atoms with Gasteiger partial charge < -0.3 is 15.4 Å². The fourth-order valence-electron chi connectivity index (χ4n) is 4.65. The molecule has 0 spiro atoms. The Kier molecular flexibility index (Phi) is 7.40. The fourth-order valence-corrected chi connectivity index (χ4v) is 4.65. The second kappa shape index (κ2) is 10.6. The molecule has 0 unspecified atom stereocenters. The van der Waals surface area contributed by atoms with Gasteiger partial charge in [-0.05, 0) is 68.5 Å². The van der Waals surface area contributed by atoms with Gasteiger partial charge in [-0.3, -0.25) is 4.90 Å². The molecule has 174 valence electrons. The molecule has 2 N–H and O–H groups in total. The minimum Gasteiger partial charge on any atom is -0.463 e. The van der Waals surface area contributed by atoms with E-state index in [2.05, 4.69) is 39.8 Å². The number of ether oxygens (including phenoxy) is 1. The van der Waals surface area contributed by atoms with Crippen LogP contribution >= 0.6 is 0 Å². The summed E-state index contributed by atoms with van der Waals surface area (Å²) in [6.45, 7) is 4.15. The molecule has 2 heterocycles. The maximum absolute atomic E-state index is 13.9. The minimum atomic E-state index is -0.765. The number of nitrogens with zero attached hydrogens (tertiary/aromatic N) is 1. The molecule has 0 aromatic heterocycles. The van der Waals surface area contributed by atoms with Crippen LogP contribution in [0.2, 0.25) is 0 Å². The first-order valence-corrected chi connectivity index (χ1v) is 11.5. The molecular formula is C26H30FN3O3. The molecule has 0 bridgehead atoms. The minimum absolute atomic E-state index is 0.213. The number of piperidine rings is 1. The number of esters is 1. The third-order valence-electron chi connectivity index (χ3n) is 6.29. The monoisotopic (exact) mass is 451 g/mol. The van der Waals surface area contributed by atoms with E-state index in [1.165, 1.54) is 17.7 Å². The molecule has 1 saturated heterocycles. The molecule has 0 aliphatic carbocycles. The van der Waals surface area contributed by atoms with Gasteiger partial charge in [-0.15, -0.1) is 0 Å². The van der Waals surface area contributed by atoms with Gasteiger partial charge in [0.1, 0.15) is 5.82 Å². The summed E-state index contributed by atoms with van der Waals surface area (Å²) in [5, 5.41) is 5.57. The molecule has 2 amide bonds. The van der Waals surface area contributed by atoms with E-state index in [9.17, 15) is 14.0 Å². The fraction of sp³-hybridized carbons (Fsp3) is 0.385. The van der Waals surface area contributed by atoms with Crippen LogP contribution < -0.4 is 10.6 Å². The smallest absolute Gasteiger partial charge is 0.338 e. The van der Waals surface area contributed by atoms with Crippen molar-refractivity contribution in [2.75, 3.05) is 26.2 Å². The predicted octanol–water partition coefficient (Wildman–Crippen LogP) is 3.95. The van der Waals surface area contributed by atoms with E-state index in [0.717, 1.165) is 32.4 Å². The van der Waals surface area contributed by atoms with Crippen molar-refractivity contribution in [2.45, 2.75) is 32.2 Å². The van der Waals surface area contributed by atoms with Gasteiger partial charge in [0.25, 0.3) is 0 Å². The van der Waals surface area contributed by atoms with Crippen molar-refractivity contribution in [3.05, 3.63) is 82.8 Å². The average Bonchev–Trinajstić information content (AvgIpc) is 2.81. The number of hydrogen-bond acceptors (Lipinski definition) is 4. The lowest BCUT2D eigenvalue weighted by molar-refractivity contribution is -0.139. The Morgan fingerprint density at radius 1 is 1.12 bits per heavy atom. The Bertz CT molecular complexity index is 1020. The van der Waals surface area contributed by atoms with Gasteiger partial charge >= 0.3 is 12.0 Å². The van der Waals surface area contributed by atoms with Crippen LogP contribution in [0, 0.1) is 11.7 Å². The molecule has 4 rings (SSSR count). The zero-order valence-corrected chi connectivity index (χ0v) is 18.9. The number of likely N-dealkylation sites (tertiary alicyclic amines) is 1. The summed E-state index contributed by atoms with van der Waals surface area (Å²) < 4.78 is 19.2. The van der Waals surface area contributed by atoms with Crippen molar-refractivity contribution in [3.63, 3.8) is 0 Å². The van der Waals surface area contributed by atoms with Crippen LogP contribution in [-0.4, -0.2) is 43.1 Å². The lowest BCUT2D eigenvalue weighted by atomic mass is 9.89. The number of benzene rings is 2. The van der Waals surface area contributed by atoms with E-state index in [1.807, 2.05) is 6.07 Å². The maximum Gasteiger partial charge on any atom is 0.338 e. The molecule has 1 fully saturated rings. The molecule has 33 heavy (non-hydrogen) atoms. The Hall–Kier alpha value is -3.19. The van der Waals surface area contributed by atoms with Gasteiger partial charge in [-0.25, -0.2) is 14.0 Å². The SMILES string of the molecule is CCOC(=O)C1=C(CN2CCC(Cc3ccccc3)CC2)NC(=O)N[C@H]1c1cccc(F)c1. The quantitative estimate of drug-likeness (QED) is 0.626. The highest BCUT2D eigenvalue weighted by Crippen LogP contribution is 2.29. The first-order valence-electron chi connectivity index (χ1n) is 11.5. The van der Waals surface area contributed by atoms with Crippen molar-refractivity contribution < 1.29 is 18.7 Å². The molecule has 2 aromatic rings.